The van der Waals surface area contributed by atoms with Crippen molar-refractivity contribution in [3.05, 3.63) is 64.2 Å². The summed E-state index contributed by atoms with van der Waals surface area (Å²) < 4.78 is 25.9. The lowest BCUT2D eigenvalue weighted by molar-refractivity contribution is 0.625. The third-order valence-corrected chi connectivity index (χ3v) is 3.00. The molecule has 4 heteroatoms. The van der Waals surface area contributed by atoms with Gasteiger partial charge in [0.1, 0.15) is 11.6 Å². The van der Waals surface area contributed by atoms with E-state index in [-0.39, 0.29) is 10.8 Å². The molecule has 0 aliphatic rings. The van der Waals surface area contributed by atoms with Crippen LogP contribution < -0.4 is 5.32 Å². The highest BCUT2D eigenvalue weighted by molar-refractivity contribution is 6.31. The molecule has 0 amide bonds. The van der Waals surface area contributed by atoms with Gasteiger partial charge in [0, 0.05) is 12.2 Å². The number of anilines is 1. The van der Waals surface area contributed by atoms with E-state index < -0.39 is 5.82 Å². The summed E-state index contributed by atoms with van der Waals surface area (Å²) in [6.45, 7) is 2.38. The molecule has 2 aromatic rings. The van der Waals surface area contributed by atoms with E-state index in [1.807, 2.05) is 6.92 Å². The molecule has 0 fully saturated rings. The molecule has 0 heterocycles. The van der Waals surface area contributed by atoms with Gasteiger partial charge in [0.05, 0.1) is 5.02 Å². The molecule has 0 spiro atoms. The molecule has 0 atom stereocenters. The third kappa shape index (κ3) is 2.99. The van der Waals surface area contributed by atoms with Crippen LogP contribution in [0.5, 0.6) is 0 Å². The Morgan fingerprint density at radius 1 is 1.11 bits per heavy atom. The molecule has 0 saturated carbocycles. The zero-order chi connectivity index (χ0) is 13.1. The number of halogens is 3. The molecule has 0 aromatic heterocycles. The first-order chi connectivity index (χ1) is 8.56. The number of hydrogen-bond donors (Lipinski definition) is 1. The second-order valence-corrected chi connectivity index (χ2v) is 4.46. The highest BCUT2D eigenvalue weighted by atomic mass is 35.5. The van der Waals surface area contributed by atoms with Crippen molar-refractivity contribution in [3.63, 3.8) is 0 Å². The van der Waals surface area contributed by atoms with Crippen LogP contribution >= 0.6 is 11.6 Å². The van der Waals surface area contributed by atoms with E-state index in [1.165, 1.54) is 24.3 Å². The fourth-order valence-electron chi connectivity index (χ4n) is 1.66. The van der Waals surface area contributed by atoms with Gasteiger partial charge in [-0.3, -0.25) is 0 Å². The van der Waals surface area contributed by atoms with Crippen molar-refractivity contribution >= 4 is 17.3 Å². The van der Waals surface area contributed by atoms with Crippen LogP contribution in [-0.2, 0) is 6.54 Å². The molecule has 0 aliphatic heterocycles. The second-order valence-electron chi connectivity index (χ2n) is 4.05. The normalized spacial score (nSPS) is 10.4. The molecular formula is C14H12ClF2N. The van der Waals surface area contributed by atoms with Crippen LogP contribution in [0.2, 0.25) is 5.02 Å². The van der Waals surface area contributed by atoms with Crippen LogP contribution in [0.25, 0.3) is 0 Å². The van der Waals surface area contributed by atoms with E-state index >= 15 is 0 Å². The molecule has 0 unspecified atom stereocenters. The van der Waals surface area contributed by atoms with Crippen molar-refractivity contribution in [1.82, 2.24) is 0 Å². The van der Waals surface area contributed by atoms with E-state index in [4.69, 9.17) is 11.6 Å². The lowest BCUT2D eigenvalue weighted by Gasteiger charge is -2.09. The topological polar surface area (TPSA) is 12.0 Å². The number of hydrogen-bond acceptors (Lipinski definition) is 1. The predicted octanol–water partition coefficient (Wildman–Crippen LogP) is 4.54. The van der Waals surface area contributed by atoms with Crippen molar-refractivity contribution in [2.75, 3.05) is 5.32 Å². The summed E-state index contributed by atoms with van der Waals surface area (Å²) in [5.74, 6) is -0.693. The van der Waals surface area contributed by atoms with Gasteiger partial charge in [-0.1, -0.05) is 17.7 Å². The minimum atomic E-state index is -0.444. The van der Waals surface area contributed by atoms with Gasteiger partial charge in [-0.25, -0.2) is 8.78 Å². The Morgan fingerprint density at radius 2 is 1.89 bits per heavy atom. The second kappa shape index (κ2) is 5.36. The summed E-state index contributed by atoms with van der Waals surface area (Å²) >= 11 is 5.68. The largest absolute Gasteiger partial charge is 0.381 e. The Bertz CT molecular complexity index is 570. The van der Waals surface area contributed by atoms with E-state index in [0.717, 1.165) is 16.8 Å². The van der Waals surface area contributed by atoms with Gasteiger partial charge in [-0.05, 0) is 48.4 Å². The molecule has 94 valence electrons. The molecule has 0 aliphatic carbocycles. The zero-order valence-corrected chi connectivity index (χ0v) is 10.6. The molecule has 2 aromatic carbocycles. The first-order valence-corrected chi connectivity index (χ1v) is 5.88. The summed E-state index contributed by atoms with van der Waals surface area (Å²) in [4.78, 5) is 0. The van der Waals surface area contributed by atoms with Crippen molar-refractivity contribution in [2.45, 2.75) is 13.5 Å². The van der Waals surface area contributed by atoms with Crippen LogP contribution in [-0.4, -0.2) is 0 Å². The fourth-order valence-corrected chi connectivity index (χ4v) is 1.84. The van der Waals surface area contributed by atoms with E-state index in [9.17, 15) is 8.78 Å². The van der Waals surface area contributed by atoms with Crippen molar-refractivity contribution in [3.8, 4) is 0 Å². The molecular weight excluding hydrogens is 256 g/mol. The fraction of sp³-hybridized carbons (Fsp3) is 0.143. The predicted molar refractivity (Wildman–Crippen MR) is 69.9 cm³/mol. The summed E-state index contributed by atoms with van der Waals surface area (Å²) in [6.07, 6.45) is 0. The van der Waals surface area contributed by atoms with E-state index in [0.29, 0.717) is 6.54 Å². The average molecular weight is 268 g/mol. The maximum atomic E-state index is 13.0. The summed E-state index contributed by atoms with van der Waals surface area (Å²) in [7, 11) is 0. The lowest BCUT2D eigenvalue weighted by Crippen LogP contribution is -2.01. The van der Waals surface area contributed by atoms with Crippen LogP contribution in [0.1, 0.15) is 11.1 Å². The van der Waals surface area contributed by atoms with Gasteiger partial charge in [0.15, 0.2) is 0 Å². The van der Waals surface area contributed by atoms with Gasteiger partial charge in [-0.2, -0.15) is 0 Å². The maximum Gasteiger partial charge on any atom is 0.141 e. The number of aryl methyl sites for hydroxylation is 1. The van der Waals surface area contributed by atoms with E-state index in [1.54, 1.807) is 12.1 Å². The summed E-state index contributed by atoms with van der Waals surface area (Å²) in [6, 6.07) is 9.07. The first-order valence-electron chi connectivity index (χ1n) is 5.50. The van der Waals surface area contributed by atoms with Gasteiger partial charge < -0.3 is 5.32 Å². The SMILES string of the molecule is Cc1cc(F)ccc1CNc1ccc(F)c(Cl)c1. The molecule has 2 rings (SSSR count). The molecule has 1 nitrogen and oxygen atoms in total. The van der Waals surface area contributed by atoms with Crippen LogP contribution in [0.3, 0.4) is 0 Å². The molecule has 18 heavy (non-hydrogen) atoms. The van der Waals surface area contributed by atoms with Gasteiger partial charge in [0.25, 0.3) is 0 Å². The molecule has 0 saturated heterocycles. The molecule has 1 N–H and O–H groups in total. The maximum absolute atomic E-state index is 13.0. The van der Waals surface area contributed by atoms with Crippen LogP contribution in [0, 0.1) is 18.6 Å². The Morgan fingerprint density at radius 3 is 2.56 bits per heavy atom. The lowest BCUT2D eigenvalue weighted by atomic mass is 10.1. The van der Waals surface area contributed by atoms with Gasteiger partial charge >= 0.3 is 0 Å². The Balaban J connectivity index is 2.09. The molecule has 0 bridgehead atoms. The molecule has 0 radical (unpaired) electrons. The minimum absolute atomic E-state index is 0.0795. The Labute approximate surface area is 109 Å². The standard InChI is InChI=1S/C14H12ClF2N/c1-9-6-11(16)3-2-10(9)8-18-12-4-5-14(17)13(15)7-12/h2-7,18H,8H2,1H3. The number of nitrogens with one attached hydrogen (secondary N) is 1. The quantitative estimate of drug-likeness (QED) is 0.861. The highest BCUT2D eigenvalue weighted by Gasteiger charge is 2.02. The van der Waals surface area contributed by atoms with E-state index in [2.05, 4.69) is 5.32 Å². The smallest absolute Gasteiger partial charge is 0.141 e. The van der Waals surface area contributed by atoms with Crippen molar-refractivity contribution in [1.29, 1.82) is 0 Å². The van der Waals surface area contributed by atoms with Gasteiger partial charge in [0.2, 0.25) is 0 Å². The third-order valence-electron chi connectivity index (χ3n) is 2.71. The average Bonchev–Trinajstić information content (AvgIpc) is 2.32. The Kier molecular flexibility index (Phi) is 3.82. The highest BCUT2D eigenvalue weighted by Crippen LogP contribution is 2.20. The monoisotopic (exact) mass is 267 g/mol. The first kappa shape index (κ1) is 12.8. The summed E-state index contributed by atoms with van der Waals surface area (Å²) in [5.41, 5.74) is 2.58. The Hall–Kier alpha value is -1.61. The number of rotatable bonds is 3. The minimum Gasteiger partial charge on any atom is -0.381 e. The van der Waals surface area contributed by atoms with Crippen molar-refractivity contribution < 1.29 is 8.78 Å². The van der Waals surface area contributed by atoms with Crippen molar-refractivity contribution in [2.24, 2.45) is 0 Å². The number of benzene rings is 2. The van der Waals surface area contributed by atoms with Crippen LogP contribution in [0.15, 0.2) is 36.4 Å². The van der Waals surface area contributed by atoms with Gasteiger partial charge in [-0.15, -0.1) is 0 Å². The zero-order valence-electron chi connectivity index (χ0n) is 9.81. The summed E-state index contributed by atoms with van der Waals surface area (Å²) in [5, 5.41) is 3.20. The van der Waals surface area contributed by atoms with Crippen LogP contribution in [0.4, 0.5) is 14.5 Å².